The molecule has 2 saturated carbocycles. The molecule has 2 aliphatic rings. The summed E-state index contributed by atoms with van der Waals surface area (Å²) in [5.74, 6) is 4.01. The van der Waals surface area contributed by atoms with Gasteiger partial charge in [0.05, 0.1) is 0 Å². The van der Waals surface area contributed by atoms with Crippen molar-refractivity contribution < 1.29 is 0 Å². The minimum Gasteiger partial charge on any atom is -0.0654 e. The van der Waals surface area contributed by atoms with Gasteiger partial charge in [0.1, 0.15) is 0 Å². The second kappa shape index (κ2) is 12.0. The summed E-state index contributed by atoms with van der Waals surface area (Å²) in [6.07, 6.45) is 23.2. The monoisotopic (exact) mass is 382 g/mol. The van der Waals surface area contributed by atoms with Crippen LogP contribution >= 0.6 is 0 Å². The molecule has 0 N–H and O–H groups in total. The standard InChI is InChI=1S/C28H46/c1-3-5-7-8-10-24-13-17-26(18-14-24)28-21-19-27(20-22-28)25-15-11-23(12-16-25)9-6-4-2/h11-12,15-16,24,26-28H,3-10,13-14,17-22H2,1-2H3/t24-,26-,27-,28-. The number of aryl methyl sites for hydroxylation is 1. The highest BCUT2D eigenvalue weighted by molar-refractivity contribution is 5.26. The van der Waals surface area contributed by atoms with Gasteiger partial charge in [-0.05, 0) is 86.2 Å². The molecule has 0 bridgehead atoms. The van der Waals surface area contributed by atoms with Crippen LogP contribution in [-0.4, -0.2) is 0 Å². The maximum Gasteiger partial charge on any atom is -0.0162 e. The number of unbranched alkanes of at least 4 members (excludes halogenated alkanes) is 4. The van der Waals surface area contributed by atoms with Crippen molar-refractivity contribution in [2.45, 2.75) is 122 Å². The highest BCUT2D eigenvalue weighted by Gasteiger charge is 2.31. The lowest BCUT2D eigenvalue weighted by Gasteiger charge is -2.38. The first kappa shape index (κ1) is 21.9. The molecule has 0 saturated heterocycles. The predicted molar refractivity (Wildman–Crippen MR) is 124 cm³/mol. The van der Waals surface area contributed by atoms with Crippen LogP contribution in [0.2, 0.25) is 0 Å². The molecule has 0 radical (unpaired) electrons. The summed E-state index contributed by atoms with van der Waals surface area (Å²) >= 11 is 0. The quantitative estimate of drug-likeness (QED) is 0.354. The third kappa shape index (κ3) is 6.64. The minimum absolute atomic E-state index is 0.839. The summed E-state index contributed by atoms with van der Waals surface area (Å²) in [6.45, 7) is 4.61. The first-order valence-corrected chi connectivity index (χ1v) is 12.9. The molecule has 1 aromatic rings. The molecule has 0 aromatic heterocycles. The highest BCUT2D eigenvalue weighted by Crippen LogP contribution is 2.44. The largest absolute Gasteiger partial charge is 0.0654 e. The Hall–Kier alpha value is -0.780. The highest BCUT2D eigenvalue weighted by atomic mass is 14.4. The van der Waals surface area contributed by atoms with Gasteiger partial charge in [-0.1, -0.05) is 89.5 Å². The second-order valence-corrected chi connectivity index (χ2v) is 10.1. The van der Waals surface area contributed by atoms with Crippen LogP contribution in [0.5, 0.6) is 0 Å². The summed E-state index contributed by atoms with van der Waals surface area (Å²) < 4.78 is 0. The Kier molecular flexibility index (Phi) is 9.42. The Morgan fingerprint density at radius 1 is 0.643 bits per heavy atom. The van der Waals surface area contributed by atoms with E-state index in [0.29, 0.717) is 0 Å². The van der Waals surface area contributed by atoms with Crippen LogP contribution in [0.3, 0.4) is 0 Å². The minimum atomic E-state index is 0.839. The maximum atomic E-state index is 2.44. The van der Waals surface area contributed by atoms with Gasteiger partial charge in [0.2, 0.25) is 0 Å². The normalized spacial score (nSPS) is 28.4. The Morgan fingerprint density at radius 2 is 1.25 bits per heavy atom. The summed E-state index contributed by atoms with van der Waals surface area (Å²) in [4.78, 5) is 0. The van der Waals surface area contributed by atoms with Crippen LogP contribution in [0.15, 0.2) is 24.3 Å². The van der Waals surface area contributed by atoms with E-state index in [2.05, 4.69) is 38.1 Å². The molecule has 0 heteroatoms. The average Bonchev–Trinajstić information content (AvgIpc) is 2.76. The molecule has 0 unspecified atom stereocenters. The molecular formula is C28H46. The maximum absolute atomic E-state index is 2.44. The number of benzene rings is 1. The van der Waals surface area contributed by atoms with E-state index < -0.39 is 0 Å². The van der Waals surface area contributed by atoms with E-state index in [1.807, 2.05) is 0 Å². The molecule has 3 rings (SSSR count). The van der Waals surface area contributed by atoms with Gasteiger partial charge in [-0.3, -0.25) is 0 Å². The van der Waals surface area contributed by atoms with Crippen molar-refractivity contribution in [2.24, 2.45) is 17.8 Å². The summed E-state index contributed by atoms with van der Waals surface area (Å²) in [5, 5.41) is 0. The van der Waals surface area contributed by atoms with Crippen molar-refractivity contribution in [2.75, 3.05) is 0 Å². The van der Waals surface area contributed by atoms with Gasteiger partial charge in [-0.15, -0.1) is 0 Å². The Labute approximate surface area is 175 Å². The fraction of sp³-hybridized carbons (Fsp3) is 0.786. The molecule has 158 valence electrons. The summed E-state index contributed by atoms with van der Waals surface area (Å²) in [6, 6.07) is 9.69. The lowest BCUT2D eigenvalue weighted by atomic mass is 9.68. The molecule has 0 nitrogen and oxygen atoms in total. The third-order valence-electron chi connectivity index (χ3n) is 8.07. The van der Waals surface area contributed by atoms with Gasteiger partial charge < -0.3 is 0 Å². The van der Waals surface area contributed by atoms with Gasteiger partial charge in [-0.25, -0.2) is 0 Å². The van der Waals surface area contributed by atoms with Crippen LogP contribution in [0, 0.1) is 17.8 Å². The van der Waals surface area contributed by atoms with Crippen LogP contribution in [0.25, 0.3) is 0 Å². The molecule has 2 aliphatic carbocycles. The molecule has 0 amide bonds. The topological polar surface area (TPSA) is 0 Å². The van der Waals surface area contributed by atoms with E-state index in [1.165, 1.54) is 95.5 Å². The van der Waals surface area contributed by atoms with Crippen LogP contribution in [-0.2, 0) is 6.42 Å². The van der Waals surface area contributed by atoms with Crippen molar-refractivity contribution in [1.29, 1.82) is 0 Å². The molecule has 0 heterocycles. The van der Waals surface area contributed by atoms with E-state index in [-0.39, 0.29) is 0 Å². The van der Waals surface area contributed by atoms with Crippen molar-refractivity contribution in [3.05, 3.63) is 35.4 Å². The number of hydrogen-bond donors (Lipinski definition) is 0. The number of rotatable bonds is 10. The first-order valence-electron chi connectivity index (χ1n) is 12.9. The summed E-state index contributed by atoms with van der Waals surface area (Å²) in [5.41, 5.74) is 3.15. The van der Waals surface area contributed by atoms with E-state index >= 15 is 0 Å². The van der Waals surface area contributed by atoms with Gasteiger partial charge in [0.25, 0.3) is 0 Å². The molecule has 1 aromatic carbocycles. The van der Waals surface area contributed by atoms with E-state index in [9.17, 15) is 0 Å². The molecule has 28 heavy (non-hydrogen) atoms. The van der Waals surface area contributed by atoms with Gasteiger partial charge in [0, 0.05) is 0 Å². The van der Waals surface area contributed by atoms with Gasteiger partial charge >= 0.3 is 0 Å². The molecule has 0 atom stereocenters. The lowest BCUT2D eigenvalue weighted by molar-refractivity contribution is 0.155. The predicted octanol–water partition coefficient (Wildman–Crippen LogP) is 9.08. The molecule has 2 fully saturated rings. The molecule has 0 spiro atoms. The zero-order chi connectivity index (χ0) is 19.6. The van der Waals surface area contributed by atoms with E-state index in [0.717, 1.165) is 23.7 Å². The Bertz CT molecular complexity index is 511. The SMILES string of the molecule is CCCCCC[C@H]1CC[C@H]([C@H]2CC[C@H](c3ccc(CCCC)cc3)CC2)CC1. The van der Waals surface area contributed by atoms with E-state index in [1.54, 1.807) is 18.4 Å². The van der Waals surface area contributed by atoms with Crippen LogP contribution in [0.1, 0.15) is 127 Å². The number of hydrogen-bond acceptors (Lipinski definition) is 0. The average molecular weight is 383 g/mol. The van der Waals surface area contributed by atoms with Crippen molar-refractivity contribution in [3.8, 4) is 0 Å². The van der Waals surface area contributed by atoms with Crippen molar-refractivity contribution >= 4 is 0 Å². The first-order chi connectivity index (χ1) is 13.8. The fourth-order valence-corrected chi connectivity index (χ4v) is 6.07. The van der Waals surface area contributed by atoms with Crippen LogP contribution in [0.4, 0.5) is 0 Å². The Morgan fingerprint density at radius 3 is 1.86 bits per heavy atom. The lowest BCUT2D eigenvalue weighted by Crippen LogP contribution is -2.25. The third-order valence-corrected chi connectivity index (χ3v) is 8.07. The van der Waals surface area contributed by atoms with E-state index in [4.69, 9.17) is 0 Å². The zero-order valence-electron chi connectivity index (χ0n) is 18.9. The van der Waals surface area contributed by atoms with Gasteiger partial charge in [-0.2, -0.15) is 0 Å². The van der Waals surface area contributed by atoms with Gasteiger partial charge in [0.15, 0.2) is 0 Å². The van der Waals surface area contributed by atoms with Crippen molar-refractivity contribution in [1.82, 2.24) is 0 Å². The van der Waals surface area contributed by atoms with Crippen molar-refractivity contribution in [3.63, 3.8) is 0 Å². The smallest absolute Gasteiger partial charge is 0.0162 e. The second-order valence-electron chi connectivity index (χ2n) is 10.1. The molecular weight excluding hydrogens is 336 g/mol. The zero-order valence-corrected chi connectivity index (χ0v) is 18.9. The fourth-order valence-electron chi connectivity index (χ4n) is 6.07. The molecule has 0 aliphatic heterocycles. The van der Waals surface area contributed by atoms with Crippen LogP contribution < -0.4 is 0 Å². The Balaban J connectivity index is 1.36. The summed E-state index contributed by atoms with van der Waals surface area (Å²) in [7, 11) is 0.